The number of carbonyl (C=O) groups excluding carboxylic acids is 4. The van der Waals surface area contributed by atoms with Crippen LogP contribution in [0.15, 0.2) is 24.3 Å². The topological polar surface area (TPSA) is 133 Å². The summed E-state index contributed by atoms with van der Waals surface area (Å²) in [5.41, 5.74) is -0.270. The Hall–Kier alpha value is -3.43. The molecule has 1 aromatic rings. The van der Waals surface area contributed by atoms with E-state index in [0.29, 0.717) is 11.4 Å². The summed E-state index contributed by atoms with van der Waals surface area (Å²) in [7, 11) is 0. The molecule has 4 amide bonds. The average Bonchev–Trinajstić information content (AvgIpc) is 2.66. The number of hydrogen-bond acceptors (Lipinski definition) is 6. The third kappa shape index (κ3) is 5.34. The largest absolute Gasteiger partial charge is 0.479 e. The Morgan fingerprint density at radius 2 is 1.70 bits per heavy atom. The van der Waals surface area contributed by atoms with Crippen LogP contribution in [0.4, 0.5) is 4.79 Å². The highest BCUT2D eigenvalue weighted by molar-refractivity contribution is 6.38. The van der Waals surface area contributed by atoms with Crippen molar-refractivity contribution in [1.82, 2.24) is 15.1 Å². The number of benzene rings is 1. The third-order valence-electron chi connectivity index (χ3n) is 4.33. The molecule has 2 rings (SSSR count). The summed E-state index contributed by atoms with van der Waals surface area (Å²) >= 11 is 0. The normalized spacial score (nSPS) is 15.6. The molecule has 10 nitrogen and oxygen atoms in total. The lowest BCUT2D eigenvalue weighted by Gasteiger charge is -2.32. The van der Waals surface area contributed by atoms with Gasteiger partial charge in [-0.2, -0.15) is 0 Å². The Bertz CT molecular complexity index is 858. The van der Waals surface area contributed by atoms with E-state index in [-0.39, 0.29) is 24.2 Å². The standard InChI is InChI=1S/C20H25N3O7/c1-5-22-10-11-23(16(25)15(22)24)19(29)21-14(17(26)27)12-6-8-13(9-7-12)18(28)30-20(2,3)4/h6-9,14H,5,10-11H2,1-4H3,(H,21,29)(H,26,27). The Balaban J connectivity index is 2.14. The first-order chi connectivity index (χ1) is 13.9. The molecule has 0 saturated carbocycles. The van der Waals surface area contributed by atoms with Crippen LogP contribution in [0, 0.1) is 0 Å². The second-order valence-corrected chi connectivity index (χ2v) is 7.69. The molecule has 0 spiro atoms. The highest BCUT2D eigenvalue weighted by Gasteiger charge is 2.37. The number of rotatable bonds is 5. The number of ether oxygens (including phenoxy) is 1. The molecule has 0 aliphatic carbocycles. The second-order valence-electron chi connectivity index (χ2n) is 7.69. The van der Waals surface area contributed by atoms with E-state index in [1.54, 1.807) is 27.7 Å². The number of likely N-dealkylation sites (N-methyl/N-ethyl adjacent to an activating group) is 1. The first kappa shape index (κ1) is 22.9. The van der Waals surface area contributed by atoms with Gasteiger partial charge in [0.15, 0.2) is 6.04 Å². The van der Waals surface area contributed by atoms with Crippen LogP contribution < -0.4 is 5.32 Å². The van der Waals surface area contributed by atoms with Crippen molar-refractivity contribution in [2.75, 3.05) is 19.6 Å². The number of amides is 4. The third-order valence-corrected chi connectivity index (χ3v) is 4.33. The van der Waals surface area contributed by atoms with E-state index in [1.165, 1.54) is 29.2 Å². The molecule has 1 heterocycles. The van der Waals surface area contributed by atoms with Crippen LogP contribution >= 0.6 is 0 Å². The van der Waals surface area contributed by atoms with Gasteiger partial charge in [-0.25, -0.2) is 14.4 Å². The predicted octanol–water partition coefficient (Wildman–Crippen LogP) is 1.17. The molecule has 10 heteroatoms. The Labute approximate surface area is 173 Å². The zero-order valence-electron chi connectivity index (χ0n) is 17.3. The number of nitrogens with one attached hydrogen (secondary N) is 1. The zero-order valence-corrected chi connectivity index (χ0v) is 17.3. The number of hydrogen-bond donors (Lipinski definition) is 2. The molecule has 1 saturated heterocycles. The van der Waals surface area contributed by atoms with Crippen molar-refractivity contribution >= 4 is 29.8 Å². The van der Waals surface area contributed by atoms with Gasteiger partial charge in [0.1, 0.15) is 5.60 Å². The van der Waals surface area contributed by atoms with Crippen LogP contribution in [0.3, 0.4) is 0 Å². The summed E-state index contributed by atoms with van der Waals surface area (Å²) in [5, 5.41) is 11.8. The minimum atomic E-state index is -1.47. The fourth-order valence-corrected chi connectivity index (χ4v) is 2.81. The Kier molecular flexibility index (Phi) is 6.81. The molecule has 162 valence electrons. The van der Waals surface area contributed by atoms with Crippen LogP contribution in [-0.4, -0.2) is 69.9 Å². The van der Waals surface area contributed by atoms with Gasteiger partial charge in [0, 0.05) is 19.6 Å². The van der Waals surface area contributed by atoms with Crippen molar-refractivity contribution in [3.63, 3.8) is 0 Å². The molecular formula is C20H25N3O7. The molecule has 30 heavy (non-hydrogen) atoms. The van der Waals surface area contributed by atoms with Crippen LogP contribution in [0.5, 0.6) is 0 Å². The Morgan fingerprint density at radius 3 is 2.20 bits per heavy atom. The number of carboxylic acid groups (broad SMARTS) is 1. The summed E-state index contributed by atoms with van der Waals surface area (Å²) in [4.78, 5) is 62.3. The van der Waals surface area contributed by atoms with E-state index in [4.69, 9.17) is 4.74 Å². The summed E-state index contributed by atoms with van der Waals surface area (Å²) in [6, 6.07) is 3.08. The first-order valence-electron chi connectivity index (χ1n) is 9.42. The SMILES string of the molecule is CCN1CCN(C(=O)NC(C(=O)O)c2ccc(C(=O)OC(C)(C)C)cc2)C(=O)C1=O. The number of imide groups is 1. The highest BCUT2D eigenvalue weighted by Crippen LogP contribution is 2.18. The highest BCUT2D eigenvalue weighted by atomic mass is 16.6. The monoisotopic (exact) mass is 419 g/mol. The van der Waals surface area contributed by atoms with Gasteiger partial charge in [-0.1, -0.05) is 12.1 Å². The fourth-order valence-electron chi connectivity index (χ4n) is 2.81. The van der Waals surface area contributed by atoms with Crippen molar-refractivity contribution in [3.05, 3.63) is 35.4 Å². The lowest BCUT2D eigenvalue weighted by molar-refractivity contribution is -0.153. The second kappa shape index (κ2) is 8.93. The van der Waals surface area contributed by atoms with E-state index >= 15 is 0 Å². The predicted molar refractivity (Wildman–Crippen MR) is 104 cm³/mol. The molecule has 1 aliphatic heterocycles. The van der Waals surface area contributed by atoms with Gasteiger partial charge in [-0.3, -0.25) is 14.5 Å². The molecule has 0 aromatic heterocycles. The van der Waals surface area contributed by atoms with Gasteiger partial charge in [-0.15, -0.1) is 0 Å². The minimum Gasteiger partial charge on any atom is -0.479 e. The molecule has 1 aliphatic rings. The molecule has 0 radical (unpaired) electrons. The van der Waals surface area contributed by atoms with Crippen LogP contribution in [0.25, 0.3) is 0 Å². The maximum absolute atomic E-state index is 12.5. The van der Waals surface area contributed by atoms with Crippen molar-refractivity contribution in [2.24, 2.45) is 0 Å². The van der Waals surface area contributed by atoms with E-state index in [9.17, 15) is 29.1 Å². The molecule has 1 atom stereocenters. The average molecular weight is 419 g/mol. The molecule has 1 fully saturated rings. The van der Waals surface area contributed by atoms with Crippen molar-refractivity contribution < 1.29 is 33.8 Å². The lowest BCUT2D eigenvalue weighted by Crippen LogP contribution is -2.58. The zero-order chi connectivity index (χ0) is 22.6. The van der Waals surface area contributed by atoms with Crippen molar-refractivity contribution in [3.8, 4) is 0 Å². The summed E-state index contributed by atoms with van der Waals surface area (Å²) in [6.45, 7) is 7.36. The summed E-state index contributed by atoms with van der Waals surface area (Å²) < 4.78 is 5.25. The van der Waals surface area contributed by atoms with Gasteiger partial charge in [-0.05, 0) is 45.4 Å². The van der Waals surface area contributed by atoms with Crippen LogP contribution in [0.1, 0.15) is 49.7 Å². The maximum Gasteiger partial charge on any atom is 0.338 e. The lowest BCUT2D eigenvalue weighted by atomic mass is 10.0. The molecule has 1 aromatic carbocycles. The Morgan fingerprint density at radius 1 is 1.10 bits per heavy atom. The number of aliphatic carboxylic acids is 1. The van der Waals surface area contributed by atoms with Crippen LogP contribution in [-0.2, 0) is 19.1 Å². The van der Waals surface area contributed by atoms with Gasteiger partial charge < -0.3 is 20.1 Å². The van der Waals surface area contributed by atoms with E-state index in [0.717, 1.165) is 0 Å². The minimum absolute atomic E-state index is 0.0336. The molecule has 2 N–H and O–H groups in total. The fraction of sp³-hybridized carbons (Fsp3) is 0.450. The summed E-state index contributed by atoms with van der Waals surface area (Å²) in [5.74, 6) is -3.75. The van der Waals surface area contributed by atoms with E-state index < -0.39 is 41.4 Å². The van der Waals surface area contributed by atoms with Crippen molar-refractivity contribution in [2.45, 2.75) is 39.3 Å². The van der Waals surface area contributed by atoms with E-state index in [2.05, 4.69) is 5.32 Å². The quantitative estimate of drug-likeness (QED) is 0.540. The molecular weight excluding hydrogens is 394 g/mol. The number of carboxylic acids is 1. The number of piperazine rings is 1. The van der Waals surface area contributed by atoms with E-state index in [1.807, 2.05) is 0 Å². The van der Waals surface area contributed by atoms with Gasteiger partial charge in [0.05, 0.1) is 5.56 Å². The van der Waals surface area contributed by atoms with Gasteiger partial charge in [0.2, 0.25) is 0 Å². The molecule has 1 unspecified atom stereocenters. The van der Waals surface area contributed by atoms with Gasteiger partial charge >= 0.3 is 29.8 Å². The van der Waals surface area contributed by atoms with Crippen LogP contribution in [0.2, 0.25) is 0 Å². The van der Waals surface area contributed by atoms with Gasteiger partial charge in [0.25, 0.3) is 0 Å². The number of esters is 1. The first-order valence-corrected chi connectivity index (χ1v) is 9.42. The number of urea groups is 1. The van der Waals surface area contributed by atoms with Crippen molar-refractivity contribution in [1.29, 1.82) is 0 Å². The smallest absolute Gasteiger partial charge is 0.338 e. The number of carbonyl (C=O) groups is 5. The maximum atomic E-state index is 12.5. The molecule has 0 bridgehead atoms. The number of nitrogens with zero attached hydrogens (tertiary/aromatic N) is 2. The summed E-state index contributed by atoms with van der Waals surface area (Å²) in [6.07, 6.45) is 0.